The first-order valence-electron chi connectivity index (χ1n) is 5.18. The van der Waals surface area contributed by atoms with Gasteiger partial charge in [-0.3, -0.25) is 0 Å². The van der Waals surface area contributed by atoms with Crippen LogP contribution in [0.4, 0.5) is 10.8 Å². The van der Waals surface area contributed by atoms with Crippen molar-refractivity contribution >= 4 is 34.1 Å². The molecule has 1 rings (SSSR count). The van der Waals surface area contributed by atoms with Gasteiger partial charge in [0.05, 0.1) is 17.6 Å². The molecule has 92 valence electrons. The van der Waals surface area contributed by atoms with Crippen LogP contribution in [-0.2, 0) is 4.74 Å². The zero-order chi connectivity index (χ0) is 12.1. The van der Waals surface area contributed by atoms with Gasteiger partial charge in [0.1, 0.15) is 5.00 Å². The Labute approximate surface area is 105 Å². The van der Waals surface area contributed by atoms with E-state index in [2.05, 4.69) is 9.27 Å². The Bertz CT molecular complexity index is 328. The number of nitrogens with two attached hydrogens (primary N) is 1. The van der Waals surface area contributed by atoms with Crippen molar-refractivity contribution in [1.82, 2.24) is 4.37 Å². The highest BCUT2D eigenvalue weighted by atomic mass is 32.2. The second kappa shape index (κ2) is 6.32. The van der Waals surface area contributed by atoms with Crippen molar-refractivity contribution in [1.29, 1.82) is 0 Å². The zero-order valence-corrected chi connectivity index (χ0v) is 11.8. The Morgan fingerprint density at radius 3 is 2.81 bits per heavy atom. The first-order valence-corrected chi connectivity index (χ1v) is 7.18. The summed E-state index contributed by atoms with van der Waals surface area (Å²) in [6.07, 6.45) is 2.29. The van der Waals surface area contributed by atoms with Gasteiger partial charge in [0.2, 0.25) is 0 Å². The quantitative estimate of drug-likeness (QED) is 0.796. The van der Waals surface area contributed by atoms with Gasteiger partial charge in [-0.05, 0) is 31.6 Å². The molecule has 1 heterocycles. The van der Waals surface area contributed by atoms with Crippen molar-refractivity contribution in [3.05, 3.63) is 0 Å². The summed E-state index contributed by atoms with van der Waals surface area (Å²) in [4.78, 5) is 3.21. The number of aromatic nitrogens is 1. The van der Waals surface area contributed by atoms with E-state index in [9.17, 15) is 0 Å². The van der Waals surface area contributed by atoms with Gasteiger partial charge < -0.3 is 15.4 Å². The van der Waals surface area contributed by atoms with Crippen LogP contribution in [0.2, 0.25) is 0 Å². The lowest BCUT2D eigenvalue weighted by Crippen LogP contribution is -2.23. The topological polar surface area (TPSA) is 51.4 Å². The van der Waals surface area contributed by atoms with Gasteiger partial charge in [0, 0.05) is 13.6 Å². The third kappa shape index (κ3) is 3.54. The van der Waals surface area contributed by atoms with Gasteiger partial charge in [-0.25, -0.2) is 0 Å². The van der Waals surface area contributed by atoms with Crippen molar-refractivity contribution in [2.75, 3.05) is 37.1 Å². The fourth-order valence-corrected chi connectivity index (χ4v) is 2.95. The van der Waals surface area contributed by atoms with Gasteiger partial charge in [0.15, 0.2) is 5.82 Å². The van der Waals surface area contributed by atoms with Gasteiger partial charge in [0.25, 0.3) is 0 Å². The SMILES string of the molecule is CSc1c(N)nsc1N(C)CCOC(C)C. The summed E-state index contributed by atoms with van der Waals surface area (Å²) >= 11 is 3.08. The molecule has 0 amide bonds. The maximum absolute atomic E-state index is 5.79. The molecule has 0 aromatic carbocycles. The van der Waals surface area contributed by atoms with Gasteiger partial charge in [-0.2, -0.15) is 4.37 Å². The average Bonchev–Trinajstić information content (AvgIpc) is 2.58. The molecule has 4 nitrogen and oxygen atoms in total. The Hall–Kier alpha value is -0.460. The predicted molar refractivity (Wildman–Crippen MR) is 72.7 cm³/mol. The molecule has 0 fully saturated rings. The van der Waals surface area contributed by atoms with Crippen LogP contribution in [0.5, 0.6) is 0 Å². The molecule has 0 saturated carbocycles. The summed E-state index contributed by atoms with van der Waals surface area (Å²) in [5.41, 5.74) is 5.79. The van der Waals surface area contributed by atoms with Crippen LogP contribution in [0.3, 0.4) is 0 Å². The average molecular weight is 261 g/mol. The van der Waals surface area contributed by atoms with Crippen molar-refractivity contribution in [2.45, 2.75) is 24.8 Å². The van der Waals surface area contributed by atoms with E-state index in [1.165, 1.54) is 11.5 Å². The van der Waals surface area contributed by atoms with Crippen LogP contribution in [0, 0.1) is 0 Å². The van der Waals surface area contributed by atoms with Gasteiger partial charge in [-0.1, -0.05) is 0 Å². The number of nitrogen functional groups attached to an aromatic ring is 1. The fourth-order valence-electron chi connectivity index (χ4n) is 1.25. The Balaban J connectivity index is 2.55. The Kier molecular flexibility index (Phi) is 5.37. The number of hydrogen-bond donors (Lipinski definition) is 1. The van der Waals surface area contributed by atoms with Gasteiger partial charge >= 0.3 is 0 Å². The molecule has 0 spiro atoms. The molecule has 6 heteroatoms. The van der Waals surface area contributed by atoms with Crippen LogP contribution >= 0.6 is 23.3 Å². The monoisotopic (exact) mass is 261 g/mol. The van der Waals surface area contributed by atoms with Crippen molar-refractivity contribution in [3.63, 3.8) is 0 Å². The minimum atomic E-state index is 0.278. The number of ether oxygens (including phenoxy) is 1. The predicted octanol–water partition coefficient (Wildman–Crippen LogP) is 2.31. The van der Waals surface area contributed by atoms with E-state index < -0.39 is 0 Å². The van der Waals surface area contributed by atoms with E-state index in [1.807, 2.05) is 27.2 Å². The molecule has 16 heavy (non-hydrogen) atoms. The number of anilines is 2. The number of hydrogen-bond acceptors (Lipinski definition) is 6. The lowest BCUT2D eigenvalue weighted by molar-refractivity contribution is 0.0846. The fraction of sp³-hybridized carbons (Fsp3) is 0.700. The maximum Gasteiger partial charge on any atom is 0.153 e. The molecule has 0 bridgehead atoms. The van der Waals surface area contributed by atoms with E-state index in [0.717, 1.165) is 23.0 Å². The lowest BCUT2D eigenvalue weighted by atomic mass is 10.5. The van der Waals surface area contributed by atoms with E-state index in [0.29, 0.717) is 5.82 Å². The summed E-state index contributed by atoms with van der Waals surface area (Å²) in [6.45, 7) is 5.66. The number of rotatable bonds is 6. The molecule has 0 radical (unpaired) electrons. The molecule has 0 saturated heterocycles. The first kappa shape index (κ1) is 13.6. The van der Waals surface area contributed by atoms with Crippen LogP contribution in [-0.4, -0.2) is 36.9 Å². The zero-order valence-electron chi connectivity index (χ0n) is 10.2. The summed E-state index contributed by atoms with van der Waals surface area (Å²) in [7, 11) is 2.04. The number of nitrogens with zero attached hydrogens (tertiary/aromatic N) is 2. The molecular weight excluding hydrogens is 242 g/mol. The molecule has 1 aromatic rings. The molecule has 0 unspecified atom stereocenters. The summed E-state index contributed by atoms with van der Waals surface area (Å²) in [5, 5.41) is 1.12. The Morgan fingerprint density at radius 1 is 1.56 bits per heavy atom. The van der Waals surface area contributed by atoms with Crippen molar-refractivity contribution in [2.24, 2.45) is 0 Å². The number of thioether (sulfide) groups is 1. The van der Waals surface area contributed by atoms with E-state index in [1.54, 1.807) is 11.8 Å². The van der Waals surface area contributed by atoms with Crippen LogP contribution < -0.4 is 10.6 Å². The first-order chi connectivity index (χ1) is 7.56. The molecular formula is C10H19N3OS2. The number of likely N-dealkylation sites (N-methyl/N-ethyl adjacent to an activating group) is 1. The largest absolute Gasteiger partial charge is 0.382 e. The van der Waals surface area contributed by atoms with Crippen molar-refractivity contribution < 1.29 is 4.74 Å². The molecule has 0 aliphatic heterocycles. The molecule has 0 aliphatic rings. The maximum atomic E-state index is 5.79. The molecule has 2 N–H and O–H groups in total. The van der Waals surface area contributed by atoms with Crippen LogP contribution in [0.25, 0.3) is 0 Å². The third-order valence-corrected chi connectivity index (χ3v) is 4.00. The summed E-state index contributed by atoms with van der Waals surface area (Å²) in [5.74, 6) is 0.629. The van der Waals surface area contributed by atoms with E-state index in [4.69, 9.17) is 10.5 Å². The Morgan fingerprint density at radius 2 is 2.25 bits per heavy atom. The van der Waals surface area contributed by atoms with E-state index in [-0.39, 0.29) is 6.10 Å². The molecule has 0 aliphatic carbocycles. The van der Waals surface area contributed by atoms with Crippen LogP contribution in [0.1, 0.15) is 13.8 Å². The van der Waals surface area contributed by atoms with E-state index >= 15 is 0 Å². The second-order valence-corrected chi connectivity index (χ2v) is 5.32. The smallest absolute Gasteiger partial charge is 0.153 e. The highest BCUT2D eigenvalue weighted by Gasteiger charge is 2.14. The molecule has 0 atom stereocenters. The standard InChI is InChI=1S/C10H19N3OS2/c1-7(2)14-6-5-13(3)10-8(15-4)9(11)12-16-10/h7H,5-6H2,1-4H3,(H2,11,12). The lowest BCUT2D eigenvalue weighted by Gasteiger charge is -2.18. The highest BCUT2D eigenvalue weighted by Crippen LogP contribution is 2.36. The van der Waals surface area contributed by atoms with Gasteiger partial charge in [-0.15, -0.1) is 11.8 Å². The normalized spacial score (nSPS) is 11.1. The summed E-state index contributed by atoms with van der Waals surface area (Å²) in [6, 6.07) is 0. The van der Waals surface area contributed by atoms with Crippen LogP contribution in [0.15, 0.2) is 4.90 Å². The molecule has 1 aromatic heterocycles. The van der Waals surface area contributed by atoms with Crippen molar-refractivity contribution in [3.8, 4) is 0 Å². The summed E-state index contributed by atoms with van der Waals surface area (Å²) < 4.78 is 9.69. The second-order valence-electron chi connectivity index (χ2n) is 3.75. The minimum absolute atomic E-state index is 0.278. The third-order valence-electron chi connectivity index (χ3n) is 2.09. The highest BCUT2D eigenvalue weighted by molar-refractivity contribution is 7.99. The minimum Gasteiger partial charge on any atom is -0.382 e.